The fourth-order valence-electron chi connectivity index (χ4n) is 1.21. The molecule has 18 heavy (non-hydrogen) atoms. The highest BCUT2D eigenvalue weighted by atomic mass is 19.1. The fraction of sp³-hybridized carbons (Fsp3) is 0.429. The molecule has 0 bridgehead atoms. The molecular weight excluding hydrogens is 236 g/mol. The smallest absolute Gasteiger partial charge is 0.165 e. The van der Waals surface area contributed by atoms with Crippen LogP contribution < -0.4 is 10.1 Å². The van der Waals surface area contributed by atoms with Crippen molar-refractivity contribution in [2.45, 2.75) is 26.3 Å². The number of hydrogen-bond donors (Lipinski definition) is 1. The van der Waals surface area contributed by atoms with Crippen molar-refractivity contribution in [3.05, 3.63) is 42.0 Å². The van der Waals surface area contributed by atoms with Crippen molar-refractivity contribution >= 4 is 0 Å². The van der Waals surface area contributed by atoms with Crippen LogP contribution in [0.2, 0.25) is 0 Å². The van der Waals surface area contributed by atoms with Crippen molar-refractivity contribution in [2.75, 3.05) is 13.2 Å². The third-order valence-electron chi connectivity index (χ3n) is 2.19. The van der Waals surface area contributed by atoms with Crippen LogP contribution in [0.3, 0.4) is 0 Å². The molecule has 0 aromatic heterocycles. The second-order valence-electron chi connectivity index (χ2n) is 5.22. The zero-order chi connectivity index (χ0) is 13.8. The van der Waals surface area contributed by atoms with Gasteiger partial charge in [0.25, 0.3) is 0 Å². The van der Waals surface area contributed by atoms with Gasteiger partial charge in [0, 0.05) is 18.2 Å². The van der Waals surface area contributed by atoms with E-state index in [0.717, 1.165) is 23.8 Å². The van der Waals surface area contributed by atoms with E-state index in [1.807, 2.05) is 20.8 Å². The van der Waals surface area contributed by atoms with Crippen molar-refractivity contribution in [3.63, 3.8) is 0 Å². The first-order valence-electron chi connectivity index (χ1n) is 5.77. The van der Waals surface area contributed by atoms with E-state index in [1.165, 1.54) is 0 Å². The largest absolute Gasteiger partial charge is 0.486 e. The van der Waals surface area contributed by atoms with Crippen molar-refractivity contribution in [1.29, 1.82) is 0 Å². The van der Waals surface area contributed by atoms with Crippen LogP contribution in [0, 0.1) is 11.6 Å². The quantitative estimate of drug-likeness (QED) is 0.815. The highest BCUT2D eigenvalue weighted by Gasteiger charge is 2.10. The Morgan fingerprint density at radius 2 is 2.00 bits per heavy atom. The van der Waals surface area contributed by atoms with Crippen molar-refractivity contribution in [3.8, 4) is 5.75 Å². The number of nitrogens with one attached hydrogen (secondary N) is 1. The highest BCUT2D eigenvalue weighted by molar-refractivity contribution is 5.25. The molecule has 0 atom stereocenters. The van der Waals surface area contributed by atoms with Crippen molar-refractivity contribution in [2.24, 2.45) is 0 Å². The Labute approximate surface area is 107 Å². The van der Waals surface area contributed by atoms with Crippen molar-refractivity contribution < 1.29 is 13.5 Å². The van der Waals surface area contributed by atoms with Crippen LogP contribution >= 0.6 is 0 Å². The minimum Gasteiger partial charge on any atom is -0.486 e. The van der Waals surface area contributed by atoms with Gasteiger partial charge in [-0.25, -0.2) is 8.78 Å². The van der Waals surface area contributed by atoms with E-state index in [-0.39, 0.29) is 17.9 Å². The Morgan fingerprint density at radius 1 is 1.33 bits per heavy atom. The van der Waals surface area contributed by atoms with Gasteiger partial charge in [-0.15, -0.1) is 0 Å². The molecule has 1 rings (SSSR count). The van der Waals surface area contributed by atoms with E-state index in [2.05, 4.69) is 11.9 Å². The molecular formula is C14H19F2NO. The molecule has 4 heteroatoms. The maximum absolute atomic E-state index is 13.3. The summed E-state index contributed by atoms with van der Waals surface area (Å²) in [4.78, 5) is 0. The second kappa shape index (κ2) is 5.96. The molecule has 0 saturated heterocycles. The molecule has 0 unspecified atom stereocenters. The van der Waals surface area contributed by atoms with E-state index < -0.39 is 11.6 Å². The van der Waals surface area contributed by atoms with Gasteiger partial charge in [-0.1, -0.05) is 6.58 Å². The van der Waals surface area contributed by atoms with E-state index >= 15 is 0 Å². The van der Waals surface area contributed by atoms with Gasteiger partial charge in [0.15, 0.2) is 11.6 Å². The lowest BCUT2D eigenvalue weighted by atomic mass is 10.1. The lowest BCUT2D eigenvalue weighted by molar-refractivity contribution is 0.322. The predicted octanol–water partition coefficient (Wildman–Crippen LogP) is 3.29. The molecule has 1 N–H and O–H groups in total. The second-order valence-corrected chi connectivity index (χ2v) is 5.22. The van der Waals surface area contributed by atoms with Crippen molar-refractivity contribution in [1.82, 2.24) is 5.32 Å². The number of rotatable bonds is 5. The van der Waals surface area contributed by atoms with E-state index in [1.54, 1.807) is 0 Å². The molecule has 0 aliphatic rings. The Bertz CT molecular complexity index is 424. The lowest BCUT2D eigenvalue weighted by Gasteiger charge is -2.21. The molecule has 0 radical (unpaired) electrons. The predicted molar refractivity (Wildman–Crippen MR) is 68.7 cm³/mol. The number of ether oxygens (including phenoxy) is 1. The number of hydrogen-bond acceptors (Lipinski definition) is 2. The molecule has 1 aromatic carbocycles. The highest BCUT2D eigenvalue weighted by Crippen LogP contribution is 2.18. The van der Waals surface area contributed by atoms with Gasteiger partial charge in [-0.05, 0) is 38.5 Å². The zero-order valence-corrected chi connectivity index (χ0v) is 11.0. The lowest BCUT2D eigenvalue weighted by Crippen LogP contribution is -2.37. The van der Waals surface area contributed by atoms with Gasteiger partial charge in [0.2, 0.25) is 0 Å². The number of benzene rings is 1. The van der Waals surface area contributed by atoms with E-state index in [9.17, 15) is 8.78 Å². The molecule has 1 aromatic rings. The van der Waals surface area contributed by atoms with Crippen LogP contribution in [0.1, 0.15) is 20.8 Å². The standard InChI is InChI=1S/C14H19F2NO/c1-10(8-17-14(2,3)4)9-18-13-7-11(15)5-6-12(13)16/h5-7,17H,1,8-9H2,2-4H3. The normalized spacial score (nSPS) is 11.4. The Hall–Kier alpha value is -1.42. The summed E-state index contributed by atoms with van der Waals surface area (Å²) in [5.41, 5.74) is 0.751. The van der Waals surface area contributed by atoms with Gasteiger partial charge in [-0.2, -0.15) is 0 Å². The van der Waals surface area contributed by atoms with Crippen LogP contribution in [0.5, 0.6) is 5.75 Å². The fourth-order valence-corrected chi connectivity index (χ4v) is 1.21. The average Bonchev–Trinajstić information content (AvgIpc) is 2.26. The summed E-state index contributed by atoms with van der Waals surface area (Å²) in [7, 11) is 0. The van der Waals surface area contributed by atoms with Gasteiger partial charge in [0.1, 0.15) is 12.4 Å². The summed E-state index contributed by atoms with van der Waals surface area (Å²) in [5, 5.41) is 3.24. The van der Waals surface area contributed by atoms with Crippen LogP contribution in [-0.2, 0) is 0 Å². The van der Waals surface area contributed by atoms with Gasteiger partial charge < -0.3 is 10.1 Å². The zero-order valence-electron chi connectivity index (χ0n) is 11.0. The first-order valence-corrected chi connectivity index (χ1v) is 5.77. The summed E-state index contributed by atoms with van der Waals surface area (Å²) < 4.78 is 31.3. The first kappa shape index (κ1) is 14.6. The summed E-state index contributed by atoms with van der Waals surface area (Å²) in [6, 6.07) is 3.12. The topological polar surface area (TPSA) is 21.3 Å². The Morgan fingerprint density at radius 3 is 2.61 bits per heavy atom. The molecule has 0 aliphatic heterocycles. The summed E-state index contributed by atoms with van der Waals surface area (Å²) >= 11 is 0. The van der Waals surface area contributed by atoms with E-state index in [4.69, 9.17) is 4.74 Å². The maximum Gasteiger partial charge on any atom is 0.165 e. The third-order valence-corrected chi connectivity index (χ3v) is 2.19. The summed E-state index contributed by atoms with van der Waals surface area (Å²) in [5.74, 6) is -1.19. The maximum atomic E-state index is 13.3. The van der Waals surface area contributed by atoms with Crippen LogP contribution in [0.15, 0.2) is 30.4 Å². The molecule has 0 aliphatic carbocycles. The third kappa shape index (κ3) is 5.27. The number of halogens is 2. The molecule has 100 valence electrons. The molecule has 2 nitrogen and oxygen atoms in total. The van der Waals surface area contributed by atoms with Gasteiger partial charge in [0.05, 0.1) is 0 Å². The molecule has 0 saturated carbocycles. The summed E-state index contributed by atoms with van der Waals surface area (Å²) in [6.45, 7) is 10.7. The van der Waals surface area contributed by atoms with Gasteiger partial charge >= 0.3 is 0 Å². The van der Waals surface area contributed by atoms with Crippen LogP contribution in [0.4, 0.5) is 8.78 Å². The molecule has 0 fully saturated rings. The van der Waals surface area contributed by atoms with E-state index in [0.29, 0.717) is 6.54 Å². The minimum absolute atomic E-state index is 0.0208. The van der Waals surface area contributed by atoms with Crippen LogP contribution in [-0.4, -0.2) is 18.7 Å². The summed E-state index contributed by atoms with van der Waals surface area (Å²) in [6.07, 6.45) is 0. The van der Waals surface area contributed by atoms with Gasteiger partial charge in [-0.3, -0.25) is 0 Å². The monoisotopic (exact) mass is 255 g/mol. The minimum atomic E-state index is -0.576. The first-order chi connectivity index (χ1) is 8.28. The Kier molecular flexibility index (Phi) is 4.84. The molecule has 0 amide bonds. The average molecular weight is 255 g/mol. The van der Waals surface area contributed by atoms with Crippen LogP contribution in [0.25, 0.3) is 0 Å². The SMILES string of the molecule is C=C(CNC(C)(C)C)COc1cc(F)ccc1F. The Balaban J connectivity index is 2.45. The molecule has 0 spiro atoms. The molecule has 0 heterocycles.